The number of nitrogens with one attached hydrogen (secondary N) is 1. The van der Waals surface area contributed by atoms with E-state index in [4.69, 9.17) is 4.74 Å². The van der Waals surface area contributed by atoms with Gasteiger partial charge >= 0.3 is 6.09 Å². The van der Waals surface area contributed by atoms with Gasteiger partial charge in [-0.1, -0.05) is 30.3 Å². The van der Waals surface area contributed by atoms with Gasteiger partial charge in [0, 0.05) is 12.1 Å². The summed E-state index contributed by atoms with van der Waals surface area (Å²) in [6, 6.07) is 14.2. The molecule has 0 spiro atoms. The molecule has 0 aliphatic carbocycles. The zero-order valence-corrected chi connectivity index (χ0v) is 12.2. The molecule has 2 aromatic rings. The van der Waals surface area contributed by atoms with Crippen LogP contribution in [0.1, 0.15) is 17.2 Å². The van der Waals surface area contributed by atoms with E-state index in [2.05, 4.69) is 5.32 Å². The molecule has 7 nitrogen and oxygen atoms in total. The van der Waals surface area contributed by atoms with E-state index in [1.54, 1.807) is 12.1 Å². The molecular weight excluding hydrogens is 300 g/mol. The third kappa shape index (κ3) is 4.79. The first-order valence-corrected chi connectivity index (χ1v) is 6.92. The second kappa shape index (κ2) is 7.90. The molecule has 0 bridgehead atoms. The quantitative estimate of drug-likeness (QED) is 0.630. The monoisotopic (exact) mass is 316 g/mol. The molecule has 0 heterocycles. The Kier molecular flexibility index (Phi) is 5.65. The van der Waals surface area contributed by atoms with Gasteiger partial charge < -0.3 is 15.2 Å². The average Bonchev–Trinajstić information content (AvgIpc) is 2.59. The first-order chi connectivity index (χ1) is 11.1. The summed E-state index contributed by atoms with van der Waals surface area (Å²) >= 11 is 0. The maximum Gasteiger partial charge on any atom is 0.408 e. The lowest BCUT2D eigenvalue weighted by Crippen LogP contribution is -2.31. The van der Waals surface area contributed by atoms with Crippen LogP contribution in [0.3, 0.4) is 0 Å². The number of hydrogen-bond acceptors (Lipinski definition) is 5. The van der Waals surface area contributed by atoms with Crippen molar-refractivity contribution in [2.24, 2.45) is 0 Å². The molecule has 1 unspecified atom stereocenters. The summed E-state index contributed by atoms with van der Waals surface area (Å²) in [5, 5.41) is 22.5. The van der Waals surface area contributed by atoms with Crippen LogP contribution in [0.15, 0.2) is 54.6 Å². The summed E-state index contributed by atoms with van der Waals surface area (Å²) in [5.74, 6) is 0. The number of hydrogen-bond donors (Lipinski definition) is 2. The highest BCUT2D eigenvalue weighted by Gasteiger charge is 2.14. The number of rotatable bonds is 6. The molecule has 0 fully saturated rings. The van der Waals surface area contributed by atoms with E-state index in [0.29, 0.717) is 5.56 Å². The van der Waals surface area contributed by atoms with Gasteiger partial charge in [-0.25, -0.2) is 4.79 Å². The molecule has 120 valence electrons. The molecule has 0 aromatic heterocycles. The number of ether oxygens (including phenoxy) is 1. The maximum atomic E-state index is 11.8. The van der Waals surface area contributed by atoms with Crippen molar-refractivity contribution < 1.29 is 19.6 Å². The average molecular weight is 316 g/mol. The maximum absolute atomic E-state index is 11.8. The molecule has 0 aliphatic heterocycles. The molecule has 0 aliphatic rings. The number of alkyl carbamates (subject to hydrolysis) is 1. The van der Waals surface area contributed by atoms with E-state index < -0.39 is 17.1 Å². The SMILES string of the molecule is O=C(NC(CO)c1ccccc1)OCc1ccc([N+](=O)[O-])cc1. The highest BCUT2D eigenvalue weighted by atomic mass is 16.6. The Bertz CT molecular complexity index is 658. The number of carbonyl (C=O) groups is 1. The van der Waals surface area contributed by atoms with E-state index in [9.17, 15) is 20.0 Å². The fraction of sp³-hybridized carbons (Fsp3) is 0.188. The van der Waals surface area contributed by atoms with Crippen molar-refractivity contribution in [1.82, 2.24) is 5.32 Å². The summed E-state index contributed by atoms with van der Waals surface area (Å²) in [6.45, 7) is -0.270. The van der Waals surface area contributed by atoms with E-state index in [-0.39, 0.29) is 18.9 Å². The predicted octanol–water partition coefficient (Wildman–Crippen LogP) is 2.55. The molecule has 0 saturated heterocycles. The number of nitro benzene ring substituents is 1. The minimum absolute atomic E-state index is 0.0171. The zero-order valence-electron chi connectivity index (χ0n) is 12.2. The van der Waals surface area contributed by atoms with Gasteiger partial charge in [-0.2, -0.15) is 0 Å². The fourth-order valence-electron chi connectivity index (χ4n) is 1.97. The van der Waals surface area contributed by atoms with Crippen LogP contribution in [0.4, 0.5) is 10.5 Å². The van der Waals surface area contributed by atoms with Gasteiger partial charge in [-0.05, 0) is 23.3 Å². The number of aliphatic hydroxyl groups excluding tert-OH is 1. The van der Waals surface area contributed by atoms with Crippen molar-refractivity contribution in [2.75, 3.05) is 6.61 Å². The predicted molar refractivity (Wildman–Crippen MR) is 82.7 cm³/mol. The fourth-order valence-corrected chi connectivity index (χ4v) is 1.97. The Balaban J connectivity index is 1.88. The molecule has 2 aromatic carbocycles. The number of benzene rings is 2. The van der Waals surface area contributed by atoms with Crippen molar-refractivity contribution in [3.63, 3.8) is 0 Å². The summed E-state index contributed by atoms with van der Waals surface area (Å²) in [6.07, 6.45) is -0.675. The largest absolute Gasteiger partial charge is 0.445 e. The van der Waals surface area contributed by atoms with Crippen molar-refractivity contribution in [3.8, 4) is 0 Å². The van der Waals surface area contributed by atoms with E-state index in [1.807, 2.05) is 18.2 Å². The first kappa shape index (κ1) is 16.4. The Hall–Kier alpha value is -2.93. The molecule has 2 N–H and O–H groups in total. The van der Waals surface area contributed by atoms with Crippen LogP contribution in [0.25, 0.3) is 0 Å². The molecule has 0 radical (unpaired) electrons. The number of carbonyl (C=O) groups excluding carboxylic acids is 1. The van der Waals surface area contributed by atoms with Gasteiger partial charge in [-0.3, -0.25) is 10.1 Å². The highest BCUT2D eigenvalue weighted by Crippen LogP contribution is 2.14. The van der Waals surface area contributed by atoms with E-state index in [1.165, 1.54) is 24.3 Å². The Morgan fingerprint density at radius 1 is 1.17 bits per heavy atom. The highest BCUT2D eigenvalue weighted by molar-refractivity contribution is 5.68. The summed E-state index contributed by atoms with van der Waals surface area (Å²) < 4.78 is 5.05. The van der Waals surface area contributed by atoms with Crippen molar-refractivity contribution in [1.29, 1.82) is 0 Å². The summed E-state index contributed by atoms with van der Waals surface area (Å²) in [4.78, 5) is 21.8. The zero-order chi connectivity index (χ0) is 16.7. The number of non-ortho nitro benzene ring substituents is 1. The smallest absolute Gasteiger partial charge is 0.408 e. The van der Waals surface area contributed by atoms with Crippen LogP contribution in [-0.2, 0) is 11.3 Å². The van der Waals surface area contributed by atoms with Gasteiger partial charge in [0.25, 0.3) is 5.69 Å². The van der Waals surface area contributed by atoms with Crippen LogP contribution in [-0.4, -0.2) is 22.7 Å². The second-order valence-electron chi connectivity index (χ2n) is 4.79. The normalized spacial score (nSPS) is 11.5. The van der Waals surface area contributed by atoms with Crippen molar-refractivity contribution in [2.45, 2.75) is 12.6 Å². The van der Waals surface area contributed by atoms with Crippen LogP contribution in [0, 0.1) is 10.1 Å². The van der Waals surface area contributed by atoms with Gasteiger partial charge in [0.15, 0.2) is 0 Å². The Labute approximate surface area is 132 Å². The first-order valence-electron chi connectivity index (χ1n) is 6.92. The van der Waals surface area contributed by atoms with Crippen molar-refractivity contribution >= 4 is 11.8 Å². The van der Waals surface area contributed by atoms with Crippen molar-refractivity contribution in [3.05, 3.63) is 75.8 Å². The van der Waals surface area contributed by atoms with Gasteiger partial charge in [-0.15, -0.1) is 0 Å². The molecule has 1 amide bonds. The lowest BCUT2D eigenvalue weighted by Gasteiger charge is -2.16. The van der Waals surface area contributed by atoms with Crippen LogP contribution >= 0.6 is 0 Å². The number of amides is 1. The van der Waals surface area contributed by atoms with Crippen LogP contribution in [0.5, 0.6) is 0 Å². The molecule has 1 atom stereocenters. The number of nitro groups is 1. The molecule has 23 heavy (non-hydrogen) atoms. The summed E-state index contributed by atoms with van der Waals surface area (Å²) in [5.41, 5.74) is 1.37. The minimum atomic E-state index is -0.675. The minimum Gasteiger partial charge on any atom is -0.445 e. The van der Waals surface area contributed by atoms with E-state index >= 15 is 0 Å². The van der Waals surface area contributed by atoms with Crippen LogP contribution in [0.2, 0.25) is 0 Å². The molecule has 7 heteroatoms. The van der Waals surface area contributed by atoms with Gasteiger partial charge in [0.1, 0.15) is 6.61 Å². The lowest BCUT2D eigenvalue weighted by atomic mass is 10.1. The summed E-state index contributed by atoms with van der Waals surface area (Å²) in [7, 11) is 0. The van der Waals surface area contributed by atoms with Gasteiger partial charge in [0.05, 0.1) is 17.6 Å². The molecule has 2 rings (SSSR count). The lowest BCUT2D eigenvalue weighted by molar-refractivity contribution is -0.384. The van der Waals surface area contributed by atoms with E-state index in [0.717, 1.165) is 5.56 Å². The molecular formula is C16H16N2O5. The third-order valence-corrected chi connectivity index (χ3v) is 3.19. The molecule has 0 saturated carbocycles. The van der Waals surface area contributed by atoms with Gasteiger partial charge in [0.2, 0.25) is 0 Å². The third-order valence-electron chi connectivity index (χ3n) is 3.19. The second-order valence-corrected chi connectivity index (χ2v) is 4.79. The standard InChI is InChI=1S/C16H16N2O5/c19-10-15(13-4-2-1-3-5-13)17-16(20)23-11-12-6-8-14(9-7-12)18(21)22/h1-9,15,19H,10-11H2,(H,17,20). The number of aliphatic hydroxyl groups is 1. The topological polar surface area (TPSA) is 102 Å². The number of nitrogens with zero attached hydrogens (tertiary/aromatic N) is 1. The Morgan fingerprint density at radius 2 is 1.83 bits per heavy atom. The Morgan fingerprint density at radius 3 is 2.39 bits per heavy atom. The van der Waals surface area contributed by atoms with Crippen LogP contribution < -0.4 is 5.32 Å².